The van der Waals surface area contributed by atoms with Crippen molar-refractivity contribution in [2.24, 2.45) is 5.73 Å². The Morgan fingerprint density at radius 1 is 1.43 bits per heavy atom. The number of halogens is 2. The molecule has 0 saturated heterocycles. The minimum absolute atomic E-state index is 0.00856. The molecule has 0 amide bonds. The molecular formula is C10H13F2NO. The standard InChI is InChI=1S/C10H13F2NO/c1-14-9-3-2-8(10(11)12)6-7(9)4-5-13/h2-3,6,10H,4-5,13H2,1H3. The summed E-state index contributed by atoms with van der Waals surface area (Å²) >= 11 is 0. The predicted octanol–water partition coefficient (Wildman–Crippen LogP) is 2.13. The third-order valence-corrected chi connectivity index (χ3v) is 1.97. The summed E-state index contributed by atoms with van der Waals surface area (Å²) in [5.74, 6) is 0.611. The zero-order valence-electron chi connectivity index (χ0n) is 7.97. The van der Waals surface area contributed by atoms with Crippen LogP contribution in [0.1, 0.15) is 17.6 Å². The van der Waals surface area contributed by atoms with E-state index in [4.69, 9.17) is 10.5 Å². The van der Waals surface area contributed by atoms with Gasteiger partial charge in [0.05, 0.1) is 7.11 Å². The van der Waals surface area contributed by atoms with Crippen molar-refractivity contribution < 1.29 is 13.5 Å². The lowest BCUT2D eigenvalue weighted by molar-refractivity contribution is 0.151. The van der Waals surface area contributed by atoms with Crippen LogP contribution in [0.25, 0.3) is 0 Å². The normalized spacial score (nSPS) is 10.6. The Bertz CT molecular complexity index is 302. The summed E-state index contributed by atoms with van der Waals surface area (Å²) in [4.78, 5) is 0. The molecule has 2 nitrogen and oxygen atoms in total. The molecular weight excluding hydrogens is 188 g/mol. The Balaban J connectivity index is 3.01. The largest absolute Gasteiger partial charge is 0.496 e. The number of hydrogen-bond donors (Lipinski definition) is 1. The van der Waals surface area contributed by atoms with Crippen LogP contribution in [0.4, 0.5) is 8.78 Å². The van der Waals surface area contributed by atoms with Gasteiger partial charge in [-0.15, -0.1) is 0 Å². The maximum atomic E-state index is 12.4. The second kappa shape index (κ2) is 4.91. The second-order valence-electron chi connectivity index (χ2n) is 2.91. The van der Waals surface area contributed by atoms with E-state index in [1.54, 1.807) is 6.07 Å². The van der Waals surface area contributed by atoms with E-state index in [9.17, 15) is 8.78 Å². The monoisotopic (exact) mass is 201 g/mol. The highest BCUT2D eigenvalue weighted by atomic mass is 19.3. The maximum Gasteiger partial charge on any atom is 0.263 e. The van der Waals surface area contributed by atoms with Gasteiger partial charge in [-0.2, -0.15) is 0 Å². The van der Waals surface area contributed by atoms with Gasteiger partial charge >= 0.3 is 0 Å². The lowest BCUT2D eigenvalue weighted by atomic mass is 10.1. The van der Waals surface area contributed by atoms with Gasteiger partial charge in [-0.05, 0) is 36.7 Å². The van der Waals surface area contributed by atoms with Crippen LogP contribution < -0.4 is 10.5 Å². The molecule has 0 bridgehead atoms. The van der Waals surface area contributed by atoms with Gasteiger partial charge in [0.1, 0.15) is 5.75 Å². The molecule has 1 aromatic carbocycles. The fourth-order valence-electron chi connectivity index (χ4n) is 1.29. The van der Waals surface area contributed by atoms with Crippen LogP contribution in [-0.2, 0) is 6.42 Å². The molecule has 2 N–H and O–H groups in total. The van der Waals surface area contributed by atoms with Gasteiger partial charge < -0.3 is 10.5 Å². The van der Waals surface area contributed by atoms with Crippen molar-refractivity contribution >= 4 is 0 Å². The smallest absolute Gasteiger partial charge is 0.263 e. The average Bonchev–Trinajstić information content (AvgIpc) is 2.18. The molecule has 0 aliphatic carbocycles. The first-order chi connectivity index (χ1) is 6.69. The summed E-state index contributed by atoms with van der Waals surface area (Å²) in [5.41, 5.74) is 6.11. The van der Waals surface area contributed by atoms with E-state index in [-0.39, 0.29) is 5.56 Å². The van der Waals surface area contributed by atoms with Gasteiger partial charge in [-0.1, -0.05) is 0 Å². The predicted molar refractivity (Wildman–Crippen MR) is 50.7 cm³/mol. The molecule has 0 aliphatic heterocycles. The average molecular weight is 201 g/mol. The topological polar surface area (TPSA) is 35.2 Å². The number of alkyl halides is 2. The highest BCUT2D eigenvalue weighted by Gasteiger charge is 2.10. The van der Waals surface area contributed by atoms with Gasteiger partial charge in [0.15, 0.2) is 0 Å². The number of ether oxygens (including phenoxy) is 1. The summed E-state index contributed by atoms with van der Waals surface area (Å²) in [6.45, 7) is 0.420. The molecule has 78 valence electrons. The highest BCUT2D eigenvalue weighted by Crippen LogP contribution is 2.25. The van der Waals surface area contributed by atoms with Crippen molar-refractivity contribution in [3.63, 3.8) is 0 Å². The molecule has 0 saturated carbocycles. The Hall–Kier alpha value is -1.16. The van der Waals surface area contributed by atoms with Crippen LogP contribution in [0.3, 0.4) is 0 Å². The molecule has 4 heteroatoms. The zero-order chi connectivity index (χ0) is 10.6. The van der Waals surface area contributed by atoms with Gasteiger partial charge in [0.25, 0.3) is 6.43 Å². The highest BCUT2D eigenvalue weighted by molar-refractivity contribution is 5.37. The van der Waals surface area contributed by atoms with Crippen molar-refractivity contribution in [2.45, 2.75) is 12.8 Å². The molecule has 1 rings (SSSR count). The number of methoxy groups -OCH3 is 1. The summed E-state index contributed by atoms with van der Waals surface area (Å²) in [6, 6.07) is 4.35. The Morgan fingerprint density at radius 3 is 2.64 bits per heavy atom. The molecule has 14 heavy (non-hydrogen) atoms. The fourth-order valence-corrected chi connectivity index (χ4v) is 1.29. The van der Waals surface area contributed by atoms with Crippen molar-refractivity contribution in [3.05, 3.63) is 29.3 Å². The van der Waals surface area contributed by atoms with E-state index in [2.05, 4.69) is 0 Å². The molecule has 0 unspecified atom stereocenters. The number of nitrogens with two attached hydrogens (primary N) is 1. The quantitative estimate of drug-likeness (QED) is 0.809. The molecule has 0 atom stereocenters. The molecule has 1 aromatic rings. The van der Waals surface area contributed by atoms with Crippen LogP contribution in [0.2, 0.25) is 0 Å². The van der Waals surface area contributed by atoms with E-state index in [0.717, 1.165) is 5.56 Å². The molecule has 0 aromatic heterocycles. The fraction of sp³-hybridized carbons (Fsp3) is 0.400. The van der Waals surface area contributed by atoms with Crippen LogP contribution in [0, 0.1) is 0 Å². The van der Waals surface area contributed by atoms with E-state index >= 15 is 0 Å². The third-order valence-electron chi connectivity index (χ3n) is 1.97. The summed E-state index contributed by atoms with van der Waals surface area (Å²) in [5, 5.41) is 0. The molecule has 0 heterocycles. The maximum absolute atomic E-state index is 12.4. The Kier molecular flexibility index (Phi) is 3.83. The molecule has 0 spiro atoms. The first-order valence-corrected chi connectivity index (χ1v) is 4.34. The van der Waals surface area contributed by atoms with Crippen molar-refractivity contribution in [1.82, 2.24) is 0 Å². The first-order valence-electron chi connectivity index (χ1n) is 4.34. The van der Waals surface area contributed by atoms with Crippen LogP contribution in [-0.4, -0.2) is 13.7 Å². The number of benzene rings is 1. The SMILES string of the molecule is COc1ccc(C(F)F)cc1CCN. The molecule has 0 fully saturated rings. The van der Waals surface area contributed by atoms with Crippen LogP contribution in [0.5, 0.6) is 5.75 Å². The van der Waals surface area contributed by atoms with Gasteiger partial charge in [-0.25, -0.2) is 8.78 Å². The van der Waals surface area contributed by atoms with Crippen LogP contribution in [0.15, 0.2) is 18.2 Å². The summed E-state index contributed by atoms with van der Waals surface area (Å²) < 4.78 is 29.7. The minimum Gasteiger partial charge on any atom is -0.496 e. The summed E-state index contributed by atoms with van der Waals surface area (Å²) in [6.07, 6.45) is -1.90. The minimum atomic E-state index is -2.45. The third kappa shape index (κ3) is 2.42. The number of hydrogen-bond acceptors (Lipinski definition) is 2. The van der Waals surface area contributed by atoms with E-state index in [1.165, 1.54) is 19.2 Å². The lowest BCUT2D eigenvalue weighted by Crippen LogP contribution is -2.05. The van der Waals surface area contributed by atoms with Gasteiger partial charge in [0, 0.05) is 5.56 Å². The van der Waals surface area contributed by atoms with E-state index < -0.39 is 6.43 Å². The zero-order valence-corrected chi connectivity index (χ0v) is 7.97. The second-order valence-corrected chi connectivity index (χ2v) is 2.91. The molecule has 0 radical (unpaired) electrons. The Morgan fingerprint density at radius 2 is 2.14 bits per heavy atom. The van der Waals surface area contributed by atoms with Gasteiger partial charge in [0.2, 0.25) is 0 Å². The van der Waals surface area contributed by atoms with Crippen molar-refractivity contribution in [3.8, 4) is 5.75 Å². The summed E-state index contributed by atoms with van der Waals surface area (Å²) in [7, 11) is 1.51. The van der Waals surface area contributed by atoms with E-state index in [0.29, 0.717) is 18.7 Å². The first kappa shape index (κ1) is 10.9. The van der Waals surface area contributed by atoms with E-state index in [1.807, 2.05) is 0 Å². The van der Waals surface area contributed by atoms with Crippen molar-refractivity contribution in [1.29, 1.82) is 0 Å². The lowest BCUT2D eigenvalue weighted by Gasteiger charge is -2.09. The van der Waals surface area contributed by atoms with Crippen molar-refractivity contribution in [2.75, 3.05) is 13.7 Å². The number of rotatable bonds is 4. The van der Waals surface area contributed by atoms with Crippen LogP contribution >= 0.6 is 0 Å². The van der Waals surface area contributed by atoms with Gasteiger partial charge in [-0.3, -0.25) is 0 Å². The Labute approximate surface area is 81.7 Å². The molecule has 0 aliphatic rings.